The molecule has 0 aromatic rings. The van der Waals surface area contributed by atoms with E-state index in [2.05, 4.69) is 4.72 Å². The third-order valence-electron chi connectivity index (χ3n) is 1.26. The van der Waals surface area contributed by atoms with Gasteiger partial charge in [0.05, 0.1) is 6.54 Å². The van der Waals surface area contributed by atoms with Crippen molar-refractivity contribution in [3.8, 4) is 0 Å². The number of hydrogen-bond acceptors (Lipinski definition) is 3. The Kier molecular flexibility index (Phi) is 2.02. The lowest BCUT2D eigenvalue weighted by Gasteiger charge is -2.06. The number of nitrogens with zero attached hydrogens (tertiary/aromatic N) is 1. The predicted octanol–water partition coefficient (Wildman–Crippen LogP) is -1.66. The first-order valence-electron chi connectivity index (χ1n) is 2.85. The molecule has 1 heterocycles. The van der Waals surface area contributed by atoms with Crippen molar-refractivity contribution in [2.45, 2.75) is 0 Å². The zero-order valence-corrected chi connectivity index (χ0v) is 6.10. The maximum absolute atomic E-state index is 10.8. The molecule has 5 nitrogen and oxygen atoms in total. The SMILES string of the molecule is O=CCN1CCNS1(=O)=O. The fourth-order valence-corrected chi connectivity index (χ4v) is 1.90. The van der Waals surface area contributed by atoms with Crippen LogP contribution in [0.2, 0.25) is 0 Å². The normalized spacial score (nSPS) is 24.8. The Morgan fingerprint density at radius 1 is 1.60 bits per heavy atom. The van der Waals surface area contributed by atoms with Gasteiger partial charge in [-0.1, -0.05) is 0 Å². The van der Waals surface area contributed by atoms with Gasteiger partial charge in [0.25, 0.3) is 10.2 Å². The number of rotatable bonds is 2. The lowest BCUT2D eigenvalue weighted by Crippen LogP contribution is -2.30. The summed E-state index contributed by atoms with van der Waals surface area (Å²) in [6.45, 7) is 0.743. The zero-order valence-electron chi connectivity index (χ0n) is 5.28. The molecule has 0 unspecified atom stereocenters. The minimum Gasteiger partial charge on any atom is -0.302 e. The molecule has 0 radical (unpaired) electrons. The topological polar surface area (TPSA) is 66.5 Å². The Morgan fingerprint density at radius 2 is 2.30 bits per heavy atom. The summed E-state index contributed by atoms with van der Waals surface area (Å²) in [5.41, 5.74) is 0. The van der Waals surface area contributed by atoms with Crippen LogP contribution in [0.1, 0.15) is 0 Å². The average Bonchev–Trinajstić information content (AvgIpc) is 2.13. The smallest absolute Gasteiger partial charge is 0.279 e. The molecule has 1 saturated heterocycles. The second-order valence-corrected chi connectivity index (χ2v) is 3.68. The van der Waals surface area contributed by atoms with Gasteiger partial charge >= 0.3 is 0 Å². The van der Waals surface area contributed by atoms with E-state index in [9.17, 15) is 13.2 Å². The van der Waals surface area contributed by atoms with Crippen LogP contribution in [0.5, 0.6) is 0 Å². The fraction of sp³-hybridized carbons (Fsp3) is 0.750. The van der Waals surface area contributed by atoms with Gasteiger partial charge in [-0.25, -0.2) is 4.72 Å². The van der Waals surface area contributed by atoms with Crippen molar-refractivity contribution in [3.05, 3.63) is 0 Å². The van der Waals surface area contributed by atoms with Crippen LogP contribution >= 0.6 is 0 Å². The summed E-state index contributed by atoms with van der Waals surface area (Å²) in [7, 11) is -3.30. The molecule has 58 valence electrons. The molecule has 6 heteroatoms. The van der Waals surface area contributed by atoms with E-state index in [1.807, 2.05) is 0 Å². The highest BCUT2D eigenvalue weighted by molar-refractivity contribution is 7.87. The van der Waals surface area contributed by atoms with E-state index in [4.69, 9.17) is 0 Å². The van der Waals surface area contributed by atoms with Gasteiger partial charge < -0.3 is 4.79 Å². The predicted molar refractivity (Wildman–Crippen MR) is 34.6 cm³/mol. The quantitative estimate of drug-likeness (QED) is 0.496. The Morgan fingerprint density at radius 3 is 2.70 bits per heavy atom. The Hall–Kier alpha value is -0.460. The summed E-state index contributed by atoms with van der Waals surface area (Å²) in [6.07, 6.45) is 0.574. The highest BCUT2D eigenvalue weighted by Crippen LogP contribution is 2.01. The van der Waals surface area contributed by atoms with E-state index in [0.717, 1.165) is 4.31 Å². The average molecular weight is 164 g/mol. The van der Waals surface area contributed by atoms with Gasteiger partial charge in [-0.2, -0.15) is 12.7 Å². The van der Waals surface area contributed by atoms with Gasteiger partial charge in [0.15, 0.2) is 0 Å². The first kappa shape index (κ1) is 7.64. The summed E-state index contributed by atoms with van der Waals surface area (Å²) in [4.78, 5) is 9.91. The number of nitrogens with one attached hydrogen (secondary N) is 1. The van der Waals surface area contributed by atoms with Crippen molar-refractivity contribution in [2.24, 2.45) is 0 Å². The summed E-state index contributed by atoms with van der Waals surface area (Å²) in [5, 5.41) is 0. The first-order valence-corrected chi connectivity index (χ1v) is 4.29. The van der Waals surface area contributed by atoms with Crippen LogP contribution in [0, 0.1) is 0 Å². The van der Waals surface area contributed by atoms with Gasteiger partial charge in [-0.3, -0.25) is 0 Å². The molecule has 1 N–H and O–H groups in total. The number of aldehydes is 1. The summed E-state index contributed by atoms with van der Waals surface area (Å²) < 4.78 is 25.0. The highest BCUT2D eigenvalue weighted by atomic mass is 32.2. The molecule has 0 spiro atoms. The van der Waals surface area contributed by atoms with Gasteiger partial charge in [0, 0.05) is 13.1 Å². The van der Waals surface area contributed by atoms with E-state index in [1.54, 1.807) is 0 Å². The molecule has 1 aliphatic rings. The molecule has 0 atom stereocenters. The summed E-state index contributed by atoms with van der Waals surface area (Å²) in [5.74, 6) is 0. The third-order valence-corrected chi connectivity index (χ3v) is 2.84. The molecule has 1 aliphatic heterocycles. The van der Waals surface area contributed by atoms with Crippen LogP contribution in [0.25, 0.3) is 0 Å². The summed E-state index contributed by atoms with van der Waals surface area (Å²) >= 11 is 0. The molecule has 0 aromatic heterocycles. The Balaban J connectivity index is 2.69. The van der Waals surface area contributed by atoms with E-state index < -0.39 is 10.2 Å². The van der Waals surface area contributed by atoms with Crippen molar-refractivity contribution in [2.75, 3.05) is 19.6 Å². The van der Waals surface area contributed by atoms with Gasteiger partial charge in [0.1, 0.15) is 6.29 Å². The van der Waals surface area contributed by atoms with Crippen LogP contribution in [0.15, 0.2) is 0 Å². The molecule has 0 aliphatic carbocycles. The van der Waals surface area contributed by atoms with Crippen molar-refractivity contribution in [3.63, 3.8) is 0 Å². The molecular formula is C4H8N2O3S. The summed E-state index contributed by atoms with van der Waals surface area (Å²) in [6, 6.07) is 0. The van der Waals surface area contributed by atoms with Crippen LogP contribution in [0.4, 0.5) is 0 Å². The molecule has 0 bridgehead atoms. The van der Waals surface area contributed by atoms with Crippen molar-refractivity contribution in [1.82, 2.24) is 9.03 Å². The van der Waals surface area contributed by atoms with Crippen LogP contribution in [-0.2, 0) is 15.0 Å². The third kappa shape index (κ3) is 1.34. The second kappa shape index (κ2) is 2.65. The van der Waals surface area contributed by atoms with E-state index in [1.165, 1.54) is 0 Å². The largest absolute Gasteiger partial charge is 0.302 e. The molecule has 1 rings (SSSR count). The standard InChI is InChI=1S/C4H8N2O3S/c7-4-3-6-2-1-5-10(6,8)9/h4-5H,1-3H2. The maximum atomic E-state index is 10.8. The highest BCUT2D eigenvalue weighted by Gasteiger charge is 2.26. The van der Waals surface area contributed by atoms with Crippen molar-refractivity contribution in [1.29, 1.82) is 0 Å². The van der Waals surface area contributed by atoms with Gasteiger partial charge in [-0.15, -0.1) is 0 Å². The number of carbonyl (C=O) groups excluding carboxylic acids is 1. The lowest BCUT2D eigenvalue weighted by molar-refractivity contribution is -0.108. The zero-order chi connectivity index (χ0) is 7.61. The van der Waals surface area contributed by atoms with E-state index in [0.29, 0.717) is 19.4 Å². The number of carbonyl (C=O) groups is 1. The molecule has 0 aromatic carbocycles. The molecule has 10 heavy (non-hydrogen) atoms. The molecular weight excluding hydrogens is 156 g/mol. The van der Waals surface area contributed by atoms with E-state index >= 15 is 0 Å². The van der Waals surface area contributed by atoms with Crippen molar-refractivity contribution < 1.29 is 13.2 Å². The van der Waals surface area contributed by atoms with E-state index in [-0.39, 0.29) is 6.54 Å². The second-order valence-electron chi connectivity index (χ2n) is 1.92. The minimum atomic E-state index is -3.30. The van der Waals surface area contributed by atoms with Crippen LogP contribution in [-0.4, -0.2) is 38.6 Å². The molecule has 0 saturated carbocycles. The number of hydrogen-bond donors (Lipinski definition) is 1. The van der Waals surface area contributed by atoms with Gasteiger partial charge in [-0.05, 0) is 0 Å². The van der Waals surface area contributed by atoms with Crippen LogP contribution < -0.4 is 4.72 Å². The Bertz CT molecular complexity index is 223. The lowest BCUT2D eigenvalue weighted by atomic mass is 10.6. The fourth-order valence-electron chi connectivity index (χ4n) is 0.783. The van der Waals surface area contributed by atoms with Crippen molar-refractivity contribution >= 4 is 16.5 Å². The molecule has 0 amide bonds. The molecule has 1 fully saturated rings. The minimum absolute atomic E-state index is 0.0463. The Labute approximate surface area is 59.2 Å². The van der Waals surface area contributed by atoms with Crippen LogP contribution in [0.3, 0.4) is 0 Å². The van der Waals surface area contributed by atoms with Gasteiger partial charge in [0.2, 0.25) is 0 Å². The monoisotopic (exact) mass is 164 g/mol. The maximum Gasteiger partial charge on any atom is 0.279 e. The first-order chi connectivity index (χ1) is 4.67.